The van der Waals surface area contributed by atoms with Gasteiger partial charge < -0.3 is 19.3 Å². The van der Waals surface area contributed by atoms with Gasteiger partial charge in [0.25, 0.3) is 20.0 Å². The number of rotatable bonds is 13. The highest BCUT2D eigenvalue weighted by atomic mass is 32.2. The molecular formula is C34H48N8O8S2. The molecule has 2 amide bonds. The third-order valence-corrected chi connectivity index (χ3v) is 10.6. The summed E-state index contributed by atoms with van der Waals surface area (Å²) in [5, 5.41) is 12.7. The molecule has 16 nitrogen and oxygen atoms in total. The summed E-state index contributed by atoms with van der Waals surface area (Å²) in [4.78, 5) is 27.4. The average molecular weight is 761 g/mol. The number of benzene rings is 2. The highest BCUT2D eigenvalue weighted by molar-refractivity contribution is 7.89. The van der Waals surface area contributed by atoms with Crippen LogP contribution < -0.4 is 14.6 Å². The van der Waals surface area contributed by atoms with Gasteiger partial charge in [0.1, 0.15) is 22.6 Å². The molecule has 18 heteroatoms. The van der Waals surface area contributed by atoms with Gasteiger partial charge in [-0.2, -0.15) is 14.5 Å². The molecule has 0 saturated carbocycles. The van der Waals surface area contributed by atoms with Crippen molar-refractivity contribution in [2.45, 2.75) is 61.9 Å². The molecule has 52 heavy (non-hydrogen) atoms. The largest absolute Gasteiger partial charge is 0.497 e. The molecule has 4 rings (SSSR count). The molecule has 0 unspecified atom stereocenters. The van der Waals surface area contributed by atoms with E-state index in [2.05, 4.69) is 10.2 Å². The minimum absolute atomic E-state index is 0.126. The van der Waals surface area contributed by atoms with Crippen LogP contribution in [-0.2, 0) is 53.8 Å². The van der Waals surface area contributed by atoms with Gasteiger partial charge in [-0.15, -0.1) is 0 Å². The van der Waals surface area contributed by atoms with Gasteiger partial charge in [0.15, 0.2) is 10.1 Å². The maximum Gasteiger partial charge on any atom is 0.262 e. The first-order chi connectivity index (χ1) is 24.0. The molecule has 2 N–H and O–H groups in total. The lowest BCUT2D eigenvalue weighted by atomic mass is 10.0. The number of primary sulfonamides is 1. The summed E-state index contributed by atoms with van der Waals surface area (Å²) in [5.74, 6) is 0.981. The maximum atomic E-state index is 13.7. The van der Waals surface area contributed by atoms with Gasteiger partial charge in [-0.1, -0.05) is 24.3 Å². The Morgan fingerprint density at radius 2 is 1.00 bits per heavy atom. The van der Waals surface area contributed by atoms with Crippen LogP contribution in [0, 0.1) is 0 Å². The molecule has 2 aromatic heterocycles. The van der Waals surface area contributed by atoms with E-state index in [0.29, 0.717) is 11.5 Å². The summed E-state index contributed by atoms with van der Waals surface area (Å²) in [6.45, 7) is 6.96. The van der Waals surface area contributed by atoms with Gasteiger partial charge in [-0.05, 0) is 75.2 Å². The Kier molecular flexibility index (Phi) is 13.0. The molecule has 0 aliphatic rings. The number of carbonyl (C=O) groups is 2. The van der Waals surface area contributed by atoms with Crippen molar-refractivity contribution in [3.05, 3.63) is 84.2 Å². The first-order valence-electron chi connectivity index (χ1n) is 15.9. The normalized spacial score (nSPS) is 12.2. The summed E-state index contributed by atoms with van der Waals surface area (Å²) in [6, 6.07) is 17.2. The second kappa shape index (κ2) is 16.3. The fourth-order valence-electron chi connectivity index (χ4n) is 5.04. The van der Waals surface area contributed by atoms with E-state index in [9.17, 15) is 26.4 Å². The van der Waals surface area contributed by atoms with E-state index in [1.54, 1.807) is 94.4 Å². The number of ether oxygens (including phenoxy) is 2. The number of nitrogens with two attached hydrogens (primary N) is 1. The molecule has 0 spiro atoms. The lowest BCUT2D eigenvalue weighted by Gasteiger charge is -2.27. The molecule has 4 aromatic rings. The zero-order valence-electron chi connectivity index (χ0n) is 31.1. The number of likely N-dealkylation sites (N-methyl/N-ethyl adjacent to an activating group) is 2. The number of methoxy groups -OCH3 is 2. The van der Waals surface area contributed by atoms with Crippen molar-refractivity contribution in [3.8, 4) is 11.5 Å². The van der Waals surface area contributed by atoms with Crippen LogP contribution in [0.3, 0.4) is 0 Å². The number of carbonyl (C=O) groups excluding carboxylic acids is 2. The first kappa shape index (κ1) is 41.6. The van der Waals surface area contributed by atoms with Crippen LogP contribution in [0.25, 0.3) is 0 Å². The number of hydrogen-bond acceptors (Lipinski definition) is 10. The lowest BCUT2D eigenvalue weighted by Crippen LogP contribution is -2.44. The van der Waals surface area contributed by atoms with Crippen molar-refractivity contribution in [1.29, 1.82) is 0 Å². The minimum atomic E-state index is -4.00. The Morgan fingerprint density at radius 3 is 1.31 bits per heavy atom. The van der Waals surface area contributed by atoms with Crippen LogP contribution in [-0.4, -0.2) is 105 Å². The zero-order chi connectivity index (χ0) is 39.2. The number of sulfonamides is 2. The molecule has 0 aliphatic carbocycles. The molecule has 0 radical (unpaired) electrons. The molecule has 2 aromatic carbocycles. The van der Waals surface area contributed by atoms with E-state index < -0.39 is 31.1 Å². The third kappa shape index (κ3) is 9.75. The molecule has 0 fully saturated rings. The smallest absolute Gasteiger partial charge is 0.262 e. The van der Waals surface area contributed by atoms with Crippen LogP contribution in [0.4, 0.5) is 0 Å². The average Bonchev–Trinajstić information content (AvgIpc) is 3.81. The zero-order valence-corrected chi connectivity index (χ0v) is 32.8. The van der Waals surface area contributed by atoms with E-state index >= 15 is 0 Å². The van der Waals surface area contributed by atoms with E-state index in [0.717, 1.165) is 11.1 Å². The first-order valence-corrected chi connectivity index (χ1v) is 18.9. The van der Waals surface area contributed by atoms with Crippen molar-refractivity contribution in [2.24, 2.45) is 5.14 Å². The van der Waals surface area contributed by atoms with Gasteiger partial charge in [-0.3, -0.25) is 19.0 Å². The Labute approximate surface area is 305 Å². The van der Waals surface area contributed by atoms with Gasteiger partial charge >= 0.3 is 0 Å². The van der Waals surface area contributed by atoms with Crippen molar-refractivity contribution < 1.29 is 35.9 Å². The van der Waals surface area contributed by atoms with Crippen LogP contribution in [0.1, 0.15) is 38.8 Å². The highest BCUT2D eigenvalue weighted by Crippen LogP contribution is 2.25. The quantitative estimate of drug-likeness (QED) is 0.212. The van der Waals surface area contributed by atoms with Crippen molar-refractivity contribution in [1.82, 2.24) is 33.7 Å². The molecule has 0 atom stereocenters. The van der Waals surface area contributed by atoms with Gasteiger partial charge in [-0.25, -0.2) is 22.0 Å². The van der Waals surface area contributed by atoms with E-state index in [-0.39, 0.29) is 35.0 Å². The van der Waals surface area contributed by atoms with Crippen molar-refractivity contribution in [3.63, 3.8) is 0 Å². The van der Waals surface area contributed by atoms with Gasteiger partial charge in [0.05, 0.1) is 14.2 Å². The van der Waals surface area contributed by atoms with Crippen molar-refractivity contribution >= 4 is 31.9 Å². The molecule has 0 bridgehead atoms. The van der Waals surface area contributed by atoms with E-state index in [4.69, 9.17) is 14.6 Å². The lowest BCUT2D eigenvalue weighted by molar-refractivity contribution is -0.137. The summed E-state index contributed by atoms with van der Waals surface area (Å²) in [6.07, 6.45) is 2.94. The fourth-order valence-corrected chi connectivity index (χ4v) is 6.82. The standard InChI is InChI=1S/C25H32N4O5S.C9H16N4O3S/c1-25(2,24(30)27(3)4)29-16-15-23(26-29)35(31,32)28(17-19-7-11-21(33-5)12-8-19)18-20-9-13-22(34-6)14-10-20;1-9(2,8(14)12(3)4)13-6-5-7(11-13)17(10,15)16/h7-16H,17-18H2,1-6H3;5-6H,1-4H3,(H2,10,15,16). The Balaban J connectivity index is 0.000000359. The van der Waals surface area contributed by atoms with Gasteiger partial charge in [0, 0.05) is 53.7 Å². The number of hydrogen-bond donors (Lipinski definition) is 1. The Hall–Kier alpha value is -4.78. The molecule has 0 aliphatic heterocycles. The Morgan fingerprint density at radius 1 is 0.654 bits per heavy atom. The number of amides is 2. The summed E-state index contributed by atoms with van der Waals surface area (Å²) >= 11 is 0. The predicted molar refractivity (Wildman–Crippen MR) is 194 cm³/mol. The van der Waals surface area contributed by atoms with E-state index in [1.807, 2.05) is 24.3 Å². The number of nitrogens with zero attached hydrogens (tertiary/aromatic N) is 7. The second-order valence-electron chi connectivity index (χ2n) is 13.2. The monoisotopic (exact) mass is 760 g/mol. The Bertz CT molecular complexity index is 2000. The molecule has 0 saturated heterocycles. The minimum Gasteiger partial charge on any atom is -0.497 e. The third-order valence-electron chi connectivity index (χ3n) is 8.07. The summed E-state index contributed by atoms with van der Waals surface area (Å²) in [5.41, 5.74) is -0.420. The van der Waals surface area contributed by atoms with Gasteiger partial charge in [0.2, 0.25) is 11.8 Å². The maximum absolute atomic E-state index is 13.7. The van der Waals surface area contributed by atoms with Crippen LogP contribution >= 0.6 is 0 Å². The second-order valence-corrected chi connectivity index (χ2v) is 16.6. The van der Waals surface area contributed by atoms with Crippen molar-refractivity contribution in [2.75, 3.05) is 42.4 Å². The van der Waals surface area contributed by atoms with Crippen LogP contribution in [0.15, 0.2) is 83.1 Å². The SMILES string of the molecule is CN(C)C(=O)C(C)(C)n1ccc(S(N)(=O)=O)n1.COc1ccc(CN(Cc2ccc(OC)cc2)S(=O)(=O)c2ccn(C(C)(C)C(=O)N(C)C)n2)cc1. The van der Waals surface area contributed by atoms with Crippen LogP contribution in [0.2, 0.25) is 0 Å². The van der Waals surface area contributed by atoms with Crippen LogP contribution in [0.5, 0.6) is 11.5 Å². The highest BCUT2D eigenvalue weighted by Gasteiger charge is 2.35. The topological polar surface area (TPSA) is 192 Å². The number of aromatic nitrogens is 4. The fraction of sp³-hybridized carbons (Fsp3) is 0.412. The molecule has 284 valence electrons. The predicted octanol–water partition coefficient (Wildman–Crippen LogP) is 2.47. The summed E-state index contributed by atoms with van der Waals surface area (Å²) < 4.78 is 64.1. The summed E-state index contributed by atoms with van der Waals surface area (Å²) in [7, 11) is 1.85. The molecule has 2 heterocycles. The van der Waals surface area contributed by atoms with E-state index in [1.165, 1.54) is 48.0 Å². The molecular weight excluding hydrogens is 713 g/mol.